The van der Waals surface area contributed by atoms with Crippen molar-refractivity contribution in [1.82, 2.24) is 10.2 Å². The first-order valence-electron chi connectivity index (χ1n) is 9.15. The van der Waals surface area contributed by atoms with Gasteiger partial charge in [-0.2, -0.15) is 0 Å². The monoisotopic (exact) mass is 471 g/mol. The Bertz CT molecular complexity index is 804. The van der Waals surface area contributed by atoms with Crippen LogP contribution in [0.3, 0.4) is 0 Å². The number of rotatable bonds is 3. The van der Waals surface area contributed by atoms with Gasteiger partial charge in [-0.1, -0.05) is 31.5 Å². The number of nitrogens with one attached hydrogen (secondary N) is 1. The van der Waals surface area contributed by atoms with E-state index in [1.807, 2.05) is 32.9 Å². The number of alkyl carbamates (subject to hydrolysis) is 1. The highest BCUT2D eigenvalue weighted by molar-refractivity contribution is 9.10. The Morgan fingerprint density at radius 3 is 2.61 bits per heavy atom. The van der Waals surface area contributed by atoms with Crippen molar-refractivity contribution in [2.45, 2.75) is 65.6 Å². The number of carbonyl (C=O) groups excluding carboxylic acids is 2. The number of aliphatic imine (C=N–C) groups is 1. The van der Waals surface area contributed by atoms with Crippen LogP contribution in [-0.4, -0.2) is 34.0 Å². The van der Waals surface area contributed by atoms with Crippen LogP contribution in [0.25, 0.3) is 0 Å². The van der Waals surface area contributed by atoms with Gasteiger partial charge in [0.2, 0.25) is 11.9 Å². The van der Waals surface area contributed by atoms with Crippen LogP contribution in [0.15, 0.2) is 27.7 Å². The first-order valence-corrected chi connectivity index (χ1v) is 10.3. The van der Waals surface area contributed by atoms with E-state index in [1.54, 1.807) is 26.8 Å². The van der Waals surface area contributed by atoms with Crippen LogP contribution in [0, 0.1) is 5.92 Å². The maximum Gasteiger partial charge on any atom is 0.414 e. The van der Waals surface area contributed by atoms with Crippen molar-refractivity contribution in [2.75, 3.05) is 0 Å². The third kappa shape index (κ3) is 5.70. The van der Waals surface area contributed by atoms with Crippen molar-refractivity contribution < 1.29 is 14.3 Å². The van der Waals surface area contributed by atoms with E-state index in [0.29, 0.717) is 5.02 Å². The molecule has 2 amide bonds. The zero-order chi connectivity index (χ0) is 21.3. The van der Waals surface area contributed by atoms with Gasteiger partial charge in [0, 0.05) is 4.47 Å². The lowest BCUT2D eigenvalue weighted by Crippen LogP contribution is -2.55. The molecule has 0 saturated heterocycles. The molecule has 8 heteroatoms. The zero-order valence-electron chi connectivity index (χ0n) is 17.1. The number of nitrogens with zero attached hydrogens (tertiary/aromatic N) is 2. The summed E-state index contributed by atoms with van der Waals surface area (Å²) in [6.07, 6.45) is -0.381. The second-order valence-corrected chi connectivity index (χ2v) is 9.74. The minimum absolute atomic E-state index is 0.108. The molecule has 28 heavy (non-hydrogen) atoms. The second-order valence-electron chi connectivity index (χ2n) is 8.48. The molecule has 0 aromatic heterocycles. The summed E-state index contributed by atoms with van der Waals surface area (Å²) in [6, 6.07) is 5.43. The van der Waals surface area contributed by atoms with Gasteiger partial charge in [0.15, 0.2) is 0 Å². The predicted molar refractivity (Wildman–Crippen MR) is 114 cm³/mol. The third-order valence-corrected chi connectivity index (χ3v) is 5.82. The smallest absolute Gasteiger partial charge is 0.414 e. The summed E-state index contributed by atoms with van der Waals surface area (Å²) in [5.74, 6) is 0.217. The summed E-state index contributed by atoms with van der Waals surface area (Å²) < 4.78 is 6.08. The Labute approximate surface area is 179 Å². The molecule has 0 radical (unpaired) electrons. The molecular formula is C20H27BrClN3O3. The highest BCUT2D eigenvalue weighted by Crippen LogP contribution is 2.31. The molecule has 1 N–H and O–H groups in total. The Morgan fingerprint density at radius 1 is 1.43 bits per heavy atom. The summed E-state index contributed by atoms with van der Waals surface area (Å²) in [6.45, 7) is 11.5. The van der Waals surface area contributed by atoms with E-state index in [0.717, 1.165) is 10.0 Å². The van der Waals surface area contributed by atoms with Crippen LogP contribution in [-0.2, 0) is 16.1 Å². The summed E-state index contributed by atoms with van der Waals surface area (Å²) in [4.78, 5) is 31.5. The van der Waals surface area contributed by atoms with Crippen molar-refractivity contribution in [3.8, 4) is 0 Å². The minimum atomic E-state index is -0.656. The molecule has 1 aliphatic rings. The van der Waals surface area contributed by atoms with Gasteiger partial charge in [0.1, 0.15) is 5.60 Å². The summed E-state index contributed by atoms with van der Waals surface area (Å²) in [7, 11) is 0. The molecule has 1 atom stereocenters. The van der Waals surface area contributed by atoms with Crippen LogP contribution in [0.5, 0.6) is 0 Å². The lowest BCUT2D eigenvalue weighted by atomic mass is 9.84. The van der Waals surface area contributed by atoms with E-state index < -0.39 is 17.2 Å². The predicted octanol–water partition coefficient (Wildman–Crippen LogP) is 5.13. The minimum Gasteiger partial charge on any atom is -0.444 e. The quantitative estimate of drug-likeness (QED) is 0.663. The fourth-order valence-corrected chi connectivity index (χ4v) is 3.21. The van der Waals surface area contributed by atoms with Crippen molar-refractivity contribution >= 4 is 45.5 Å². The van der Waals surface area contributed by atoms with Gasteiger partial charge in [-0.05, 0) is 67.2 Å². The average molecular weight is 473 g/mol. The Kier molecular flexibility index (Phi) is 6.82. The number of hydrogen-bond acceptors (Lipinski definition) is 4. The van der Waals surface area contributed by atoms with Crippen molar-refractivity contribution in [1.29, 1.82) is 0 Å². The van der Waals surface area contributed by atoms with Crippen LogP contribution < -0.4 is 5.32 Å². The number of halogens is 2. The highest BCUT2D eigenvalue weighted by atomic mass is 79.9. The van der Waals surface area contributed by atoms with Gasteiger partial charge in [-0.25, -0.2) is 9.79 Å². The normalized spacial score (nSPS) is 20.2. The molecule has 1 unspecified atom stereocenters. The summed E-state index contributed by atoms with van der Waals surface area (Å²) >= 11 is 9.45. The highest BCUT2D eigenvalue weighted by Gasteiger charge is 2.40. The molecule has 0 bridgehead atoms. The maximum absolute atomic E-state index is 13.0. The zero-order valence-corrected chi connectivity index (χ0v) is 19.4. The van der Waals surface area contributed by atoms with E-state index in [-0.39, 0.29) is 30.8 Å². The number of guanidine groups is 1. The van der Waals surface area contributed by atoms with Gasteiger partial charge >= 0.3 is 6.09 Å². The van der Waals surface area contributed by atoms with Crippen LogP contribution in [0.1, 0.15) is 53.5 Å². The van der Waals surface area contributed by atoms with Crippen LogP contribution in [0.2, 0.25) is 5.02 Å². The fraction of sp³-hybridized carbons (Fsp3) is 0.550. The molecule has 0 saturated carbocycles. The molecule has 1 aromatic rings. The summed E-state index contributed by atoms with van der Waals surface area (Å²) in [5.41, 5.74) is -0.397. The molecule has 154 valence electrons. The first kappa shape index (κ1) is 22.7. The molecule has 6 nitrogen and oxygen atoms in total. The average Bonchev–Trinajstić information content (AvgIpc) is 2.52. The number of ether oxygens (including phenoxy) is 1. The number of carbonyl (C=O) groups is 2. The van der Waals surface area contributed by atoms with Gasteiger partial charge in [-0.3, -0.25) is 15.0 Å². The van der Waals surface area contributed by atoms with E-state index in [4.69, 9.17) is 21.3 Å². The number of amides is 2. The SMILES string of the molecule is CC(C)C1(C)CC(=O)N(Cc2ccc(Cl)c(Br)c2)C(NC(=O)OC(C)(C)C)=N1. The molecule has 0 aliphatic carbocycles. The number of benzene rings is 1. The van der Waals surface area contributed by atoms with Gasteiger partial charge in [0.05, 0.1) is 23.5 Å². The second kappa shape index (κ2) is 8.41. The van der Waals surface area contributed by atoms with E-state index >= 15 is 0 Å². The molecular weight excluding hydrogens is 446 g/mol. The molecule has 1 heterocycles. The largest absolute Gasteiger partial charge is 0.444 e. The topological polar surface area (TPSA) is 71.0 Å². The third-order valence-electron chi connectivity index (χ3n) is 4.61. The Balaban J connectivity index is 2.35. The van der Waals surface area contributed by atoms with E-state index in [9.17, 15) is 9.59 Å². The van der Waals surface area contributed by atoms with E-state index in [2.05, 4.69) is 21.2 Å². The lowest BCUT2D eigenvalue weighted by Gasteiger charge is -2.38. The fourth-order valence-electron chi connectivity index (χ4n) is 2.67. The van der Waals surface area contributed by atoms with Crippen LogP contribution >= 0.6 is 27.5 Å². The van der Waals surface area contributed by atoms with Crippen molar-refractivity contribution in [3.63, 3.8) is 0 Å². The standard InChI is InChI=1S/C20H27BrClN3O3/c1-12(2)20(6)10-16(26)25(11-13-7-8-15(22)14(21)9-13)17(24-20)23-18(27)28-19(3,4)5/h7-9,12H,10-11H2,1-6H3,(H,23,24,27). The molecule has 2 rings (SSSR count). The summed E-state index contributed by atoms with van der Waals surface area (Å²) in [5, 5.41) is 3.25. The molecule has 1 aliphatic heterocycles. The Morgan fingerprint density at radius 2 is 2.07 bits per heavy atom. The van der Waals surface area contributed by atoms with Gasteiger partial charge in [0.25, 0.3) is 0 Å². The first-order chi connectivity index (χ1) is 12.8. The lowest BCUT2D eigenvalue weighted by molar-refractivity contribution is -0.130. The van der Waals surface area contributed by atoms with E-state index in [1.165, 1.54) is 4.90 Å². The van der Waals surface area contributed by atoms with Gasteiger partial charge < -0.3 is 4.74 Å². The maximum atomic E-state index is 13.0. The molecule has 1 aromatic carbocycles. The molecule has 0 fully saturated rings. The van der Waals surface area contributed by atoms with Crippen molar-refractivity contribution in [3.05, 3.63) is 33.3 Å². The van der Waals surface area contributed by atoms with Gasteiger partial charge in [-0.15, -0.1) is 0 Å². The Hall–Kier alpha value is -1.60. The van der Waals surface area contributed by atoms with Crippen molar-refractivity contribution in [2.24, 2.45) is 10.9 Å². The number of hydrogen-bond donors (Lipinski definition) is 1. The molecule has 0 spiro atoms. The van der Waals surface area contributed by atoms with Crippen LogP contribution in [0.4, 0.5) is 4.79 Å².